The predicted octanol–water partition coefficient (Wildman–Crippen LogP) is 4.77. The van der Waals surface area contributed by atoms with Gasteiger partial charge < -0.3 is 19.9 Å². The fourth-order valence-corrected chi connectivity index (χ4v) is 7.23. The molecule has 9 heteroatoms. The lowest BCUT2D eigenvalue weighted by Gasteiger charge is -2.40. The monoisotopic (exact) mass is 593 g/mol. The molecule has 1 N–H and O–H groups in total. The van der Waals surface area contributed by atoms with Gasteiger partial charge in [-0.15, -0.1) is 0 Å². The highest BCUT2D eigenvalue weighted by Gasteiger charge is 2.36. The molecule has 2 aromatic carbocycles. The van der Waals surface area contributed by atoms with Crippen molar-refractivity contribution in [2.45, 2.75) is 64.1 Å². The van der Waals surface area contributed by atoms with E-state index >= 15 is 0 Å². The third kappa shape index (κ3) is 5.83. The fraction of sp³-hybridized carbons (Fsp3) is 0.486. The van der Waals surface area contributed by atoms with Gasteiger partial charge in [0.15, 0.2) is 0 Å². The number of nitriles is 1. The molecule has 0 aliphatic carbocycles. The molecule has 2 fully saturated rings. The molecule has 0 bridgehead atoms. The van der Waals surface area contributed by atoms with Gasteiger partial charge >= 0.3 is 6.01 Å². The molecule has 3 aromatic rings. The quantitative estimate of drug-likeness (QED) is 0.373. The third-order valence-corrected chi connectivity index (χ3v) is 10.00. The molecule has 9 nitrogen and oxygen atoms in total. The van der Waals surface area contributed by atoms with Crippen LogP contribution in [-0.2, 0) is 17.8 Å². The number of benzene rings is 2. The molecule has 0 spiro atoms. The van der Waals surface area contributed by atoms with Crippen molar-refractivity contribution in [2.24, 2.45) is 5.92 Å². The maximum absolute atomic E-state index is 12.1. The van der Waals surface area contributed by atoms with Crippen LogP contribution in [0.5, 0.6) is 6.01 Å². The molecule has 0 saturated carbocycles. The van der Waals surface area contributed by atoms with Gasteiger partial charge in [0, 0.05) is 54.7 Å². The second-order valence-corrected chi connectivity index (χ2v) is 12.9. The van der Waals surface area contributed by atoms with E-state index in [1.807, 2.05) is 0 Å². The number of ether oxygens (including phenoxy) is 1. The molecule has 4 heterocycles. The molecule has 2 unspecified atom stereocenters. The lowest BCUT2D eigenvalue weighted by molar-refractivity contribution is -0.117. The van der Waals surface area contributed by atoms with Crippen molar-refractivity contribution in [1.29, 1.82) is 5.26 Å². The average Bonchev–Trinajstić information content (AvgIpc) is 3.37. The van der Waals surface area contributed by atoms with Gasteiger partial charge in [-0.1, -0.05) is 36.9 Å². The summed E-state index contributed by atoms with van der Waals surface area (Å²) in [6, 6.07) is 15.7. The van der Waals surface area contributed by atoms with Crippen LogP contribution in [0, 0.1) is 24.2 Å². The molecule has 6 rings (SSSR count). The molecule has 230 valence electrons. The normalized spacial score (nSPS) is 23.7. The van der Waals surface area contributed by atoms with E-state index in [4.69, 9.17) is 14.7 Å². The van der Waals surface area contributed by atoms with Crippen molar-refractivity contribution in [2.75, 3.05) is 49.6 Å². The van der Waals surface area contributed by atoms with Crippen molar-refractivity contribution in [3.63, 3.8) is 0 Å². The van der Waals surface area contributed by atoms with Gasteiger partial charge in [-0.25, -0.2) is 0 Å². The van der Waals surface area contributed by atoms with Gasteiger partial charge in [-0.05, 0) is 76.2 Å². The SMILES string of the molecule is C=CC(=O)NC1CCN(c2nc(OCC3(C)CCCN3C)nc3c2CCN(c2cccc4cccc(C)c24)C3)C[C@@H]1CC#N. The molecule has 1 amide bonds. The van der Waals surface area contributed by atoms with Crippen LogP contribution in [0.1, 0.15) is 49.4 Å². The molecule has 0 radical (unpaired) electrons. The Labute approximate surface area is 260 Å². The second kappa shape index (κ2) is 12.4. The van der Waals surface area contributed by atoms with Gasteiger partial charge in [0.2, 0.25) is 5.91 Å². The fourth-order valence-electron chi connectivity index (χ4n) is 7.23. The van der Waals surface area contributed by atoms with Gasteiger partial charge in [-0.3, -0.25) is 9.69 Å². The van der Waals surface area contributed by atoms with Crippen molar-refractivity contribution < 1.29 is 9.53 Å². The highest BCUT2D eigenvalue weighted by molar-refractivity contribution is 5.97. The summed E-state index contributed by atoms with van der Waals surface area (Å²) in [5.74, 6) is 0.688. The van der Waals surface area contributed by atoms with Crippen molar-refractivity contribution in [3.05, 3.63) is 65.9 Å². The first-order chi connectivity index (χ1) is 21.3. The summed E-state index contributed by atoms with van der Waals surface area (Å²) in [6.07, 6.45) is 5.42. The second-order valence-electron chi connectivity index (χ2n) is 12.9. The minimum absolute atomic E-state index is 0.0163. The number of nitrogens with one attached hydrogen (secondary N) is 1. The number of carbonyl (C=O) groups excluding carboxylic acids is 1. The number of piperidine rings is 1. The number of hydrogen-bond donors (Lipinski definition) is 1. The molecule has 1 aromatic heterocycles. The average molecular weight is 594 g/mol. The van der Waals surface area contributed by atoms with E-state index in [0.29, 0.717) is 32.1 Å². The lowest BCUT2D eigenvalue weighted by atomic mass is 9.89. The van der Waals surface area contributed by atoms with E-state index in [2.05, 4.69) is 90.0 Å². The Balaban J connectivity index is 1.34. The molecule has 3 aliphatic heterocycles. The van der Waals surface area contributed by atoms with E-state index in [1.165, 1.54) is 28.1 Å². The Morgan fingerprint density at radius 1 is 1.20 bits per heavy atom. The highest BCUT2D eigenvalue weighted by atomic mass is 16.5. The Kier molecular flexibility index (Phi) is 8.46. The minimum atomic E-state index is -0.198. The molecule has 2 saturated heterocycles. The number of amides is 1. The van der Waals surface area contributed by atoms with Crippen LogP contribution >= 0.6 is 0 Å². The van der Waals surface area contributed by atoms with Crippen LogP contribution in [-0.4, -0.2) is 72.2 Å². The first-order valence-electron chi connectivity index (χ1n) is 15.8. The van der Waals surface area contributed by atoms with Crippen LogP contribution in [0.25, 0.3) is 10.8 Å². The summed E-state index contributed by atoms with van der Waals surface area (Å²) in [6.45, 7) is 12.5. The number of hydrogen-bond acceptors (Lipinski definition) is 8. The molecule has 3 atom stereocenters. The number of carbonyl (C=O) groups is 1. The van der Waals surface area contributed by atoms with E-state index in [9.17, 15) is 10.1 Å². The van der Waals surface area contributed by atoms with Crippen LogP contribution < -0.4 is 19.9 Å². The van der Waals surface area contributed by atoms with Crippen LogP contribution in [0.3, 0.4) is 0 Å². The number of likely N-dealkylation sites (N-methyl/N-ethyl adjacent to an activating group) is 1. The smallest absolute Gasteiger partial charge is 0.318 e. The molecule has 44 heavy (non-hydrogen) atoms. The number of aromatic nitrogens is 2. The Hall–Kier alpha value is -4.16. The molecular formula is C35H43N7O2. The zero-order valence-corrected chi connectivity index (χ0v) is 26.2. The van der Waals surface area contributed by atoms with E-state index < -0.39 is 0 Å². The number of fused-ring (bicyclic) bond motifs is 2. The number of nitrogens with zero attached hydrogens (tertiary/aromatic N) is 6. The Morgan fingerprint density at radius 2 is 2.02 bits per heavy atom. The summed E-state index contributed by atoms with van der Waals surface area (Å²) in [5, 5.41) is 15.2. The minimum Gasteiger partial charge on any atom is -0.461 e. The maximum Gasteiger partial charge on any atom is 0.318 e. The van der Waals surface area contributed by atoms with Crippen LogP contribution in [0.4, 0.5) is 11.5 Å². The lowest BCUT2D eigenvalue weighted by Crippen LogP contribution is -2.51. The number of aryl methyl sites for hydroxylation is 1. The third-order valence-electron chi connectivity index (χ3n) is 10.00. The summed E-state index contributed by atoms with van der Waals surface area (Å²) in [7, 11) is 2.16. The molecular weight excluding hydrogens is 550 g/mol. The number of anilines is 2. The van der Waals surface area contributed by atoms with E-state index in [0.717, 1.165) is 62.4 Å². The summed E-state index contributed by atoms with van der Waals surface area (Å²) in [5.41, 5.74) is 4.58. The van der Waals surface area contributed by atoms with E-state index in [-0.39, 0.29) is 23.4 Å². The highest BCUT2D eigenvalue weighted by Crippen LogP contribution is 2.37. The Morgan fingerprint density at radius 3 is 2.77 bits per heavy atom. The Bertz CT molecular complexity index is 1590. The van der Waals surface area contributed by atoms with Gasteiger partial charge in [0.05, 0.1) is 23.8 Å². The zero-order valence-electron chi connectivity index (χ0n) is 26.2. The van der Waals surface area contributed by atoms with Crippen LogP contribution in [0.15, 0.2) is 49.1 Å². The first kappa shape index (κ1) is 29.9. The van der Waals surface area contributed by atoms with Gasteiger partial charge in [0.25, 0.3) is 0 Å². The number of likely N-dealkylation sites (tertiary alicyclic amines) is 1. The van der Waals surface area contributed by atoms with Crippen molar-refractivity contribution in [1.82, 2.24) is 20.2 Å². The summed E-state index contributed by atoms with van der Waals surface area (Å²) < 4.78 is 6.42. The van der Waals surface area contributed by atoms with Gasteiger partial charge in [0.1, 0.15) is 12.4 Å². The first-order valence-corrected chi connectivity index (χ1v) is 15.8. The van der Waals surface area contributed by atoms with E-state index in [1.54, 1.807) is 0 Å². The summed E-state index contributed by atoms with van der Waals surface area (Å²) >= 11 is 0. The largest absolute Gasteiger partial charge is 0.461 e. The molecule has 3 aliphatic rings. The van der Waals surface area contributed by atoms with Gasteiger partial charge in [-0.2, -0.15) is 15.2 Å². The summed E-state index contributed by atoms with van der Waals surface area (Å²) in [4.78, 5) is 29.3. The van der Waals surface area contributed by atoms with Crippen LogP contribution in [0.2, 0.25) is 0 Å². The van der Waals surface area contributed by atoms with Crippen molar-refractivity contribution >= 4 is 28.2 Å². The topological polar surface area (TPSA) is 97.6 Å². The maximum atomic E-state index is 12.1. The predicted molar refractivity (Wildman–Crippen MR) is 174 cm³/mol. The standard InChI is InChI=1S/C35H43N7O2/c1-5-31(43)37-28-15-20-42(21-26(28)13-17-36)33-27-14-19-41(30-12-7-11-25-10-6-9-24(2)32(25)30)22-29(27)38-34(39-33)44-23-35(3)16-8-18-40(35)4/h5-7,9-12,26,28H,1,8,13-16,18-23H2,2-4H3,(H,37,43)/t26-,28?,35?/m0/s1. The van der Waals surface area contributed by atoms with Crippen molar-refractivity contribution in [3.8, 4) is 12.1 Å². The number of rotatable bonds is 8. The zero-order chi connectivity index (χ0) is 30.8.